The first-order chi connectivity index (χ1) is 8.33. The molecule has 0 spiro atoms. The fourth-order valence-corrected chi connectivity index (χ4v) is 2.46. The minimum absolute atomic E-state index is 0.0135. The summed E-state index contributed by atoms with van der Waals surface area (Å²) in [5.74, 6) is -0.122. The van der Waals surface area contributed by atoms with E-state index in [-0.39, 0.29) is 17.6 Å². The van der Waals surface area contributed by atoms with Crippen LogP contribution in [0.3, 0.4) is 0 Å². The van der Waals surface area contributed by atoms with Crippen molar-refractivity contribution in [2.75, 3.05) is 13.1 Å². The van der Waals surface area contributed by atoms with Gasteiger partial charge in [-0.25, -0.2) is 0 Å². The molecule has 0 unspecified atom stereocenters. The number of carbonyl (C=O) groups is 1. The molecule has 1 heterocycles. The third-order valence-electron chi connectivity index (χ3n) is 3.48. The second-order valence-electron chi connectivity index (χ2n) is 5.08. The number of halogens is 1. The Kier molecular flexibility index (Phi) is 3.55. The maximum Gasteiger partial charge on any atom is 0.257 e. The highest BCUT2D eigenvalue weighted by Crippen LogP contribution is 2.31. The van der Waals surface area contributed by atoms with Crippen molar-refractivity contribution in [3.63, 3.8) is 0 Å². The lowest BCUT2D eigenvalue weighted by molar-refractivity contribution is -0.110. The summed E-state index contributed by atoms with van der Waals surface area (Å²) in [4.78, 5) is 13.7. The zero-order chi connectivity index (χ0) is 13.5. The van der Waals surface area contributed by atoms with E-state index >= 15 is 0 Å². The molecule has 0 radical (unpaired) electrons. The number of aromatic hydroxyl groups is 1. The van der Waals surface area contributed by atoms with Gasteiger partial charge in [-0.3, -0.25) is 4.79 Å². The van der Waals surface area contributed by atoms with Gasteiger partial charge in [-0.05, 0) is 46.7 Å². The summed E-state index contributed by atoms with van der Waals surface area (Å²) in [7, 11) is 0. The number of likely N-dealkylation sites (tertiary alicyclic amines) is 1. The number of β-amino-alcohol motifs (C(OH)–C–C–N with tert-alkyl or cyclic N) is 1. The molecule has 0 bridgehead atoms. The fourth-order valence-electron chi connectivity index (χ4n) is 1.97. The number of nitrogens with zero attached hydrogens (tertiary/aromatic N) is 1. The maximum absolute atomic E-state index is 12.2. The summed E-state index contributed by atoms with van der Waals surface area (Å²) in [5.41, 5.74) is -0.486. The zero-order valence-corrected chi connectivity index (χ0v) is 12.5. The summed E-state index contributed by atoms with van der Waals surface area (Å²) in [6, 6.07) is 4.92. The molecule has 0 aliphatic carbocycles. The summed E-state index contributed by atoms with van der Waals surface area (Å²) < 4.78 is 0.897. The van der Waals surface area contributed by atoms with Gasteiger partial charge in [0.05, 0.1) is 18.7 Å². The SMILES string of the molecule is CC(C)C1(O)CN(C(=O)c2cc(I)ccc2O)C1. The quantitative estimate of drug-likeness (QED) is 0.791. The molecule has 1 aromatic rings. The molecule has 1 aromatic carbocycles. The summed E-state index contributed by atoms with van der Waals surface area (Å²) in [5, 5.41) is 19.8. The Morgan fingerprint density at radius 1 is 1.44 bits per heavy atom. The number of rotatable bonds is 2. The van der Waals surface area contributed by atoms with Crippen LogP contribution in [-0.2, 0) is 0 Å². The molecule has 0 saturated carbocycles. The standard InChI is InChI=1S/C13H16INO3/c1-8(2)13(18)6-15(7-13)12(17)10-5-9(14)3-4-11(10)16/h3-5,8,16,18H,6-7H2,1-2H3. The van der Waals surface area contributed by atoms with Crippen LogP contribution in [0.5, 0.6) is 5.75 Å². The highest BCUT2D eigenvalue weighted by atomic mass is 127. The lowest BCUT2D eigenvalue weighted by atomic mass is 9.82. The van der Waals surface area contributed by atoms with Crippen molar-refractivity contribution in [3.05, 3.63) is 27.3 Å². The minimum atomic E-state index is -0.785. The number of benzene rings is 1. The van der Waals surface area contributed by atoms with Gasteiger partial charge in [0, 0.05) is 3.57 Å². The molecule has 5 heteroatoms. The van der Waals surface area contributed by atoms with Crippen molar-refractivity contribution >= 4 is 28.5 Å². The fraction of sp³-hybridized carbons (Fsp3) is 0.462. The third-order valence-corrected chi connectivity index (χ3v) is 4.15. The number of amides is 1. The van der Waals surface area contributed by atoms with E-state index in [9.17, 15) is 15.0 Å². The second-order valence-corrected chi connectivity index (χ2v) is 6.33. The van der Waals surface area contributed by atoms with Gasteiger partial charge in [-0.1, -0.05) is 13.8 Å². The normalized spacial score (nSPS) is 17.7. The summed E-state index contributed by atoms with van der Waals surface area (Å²) in [6.07, 6.45) is 0. The van der Waals surface area contributed by atoms with Crippen LogP contribution in [0.2, 0.25) is 0 Å². The molecule has 2 N–H and O–H groups in total. The number of hydrogen-bond donors (Lipinski definition) is 2. The van der Waals surface area contributed by atoms with Crippen molar-refractivity contribution < 1.29 is 15.0 Å². The highest BCUT2D eigenvalue weighted by molar-refractivity contribution is 14.1. The van der Waals surface area contributed by atoms with Gasteiger partial charge in [-0.15, -0.1) is 0 Å². The molecule has 1 amide bonds. The Morgan fingerprint density at radius 3 is 2.61 bits per heavy atom. The van der Waals surface area contributed by atoms with E-state index in [1.54, 1.807) is 17.0 Å². The van der Waals surface area contributed by atoms with E-state index in [2.05, 4.69) is 22.6 Å². The number of phenols is 1. The Labute approximate surface area is 120 Å². The van der Waals surface area contributed by atoms with E-state index in [0.29, 0.717) is 18.7 Å². The molecule has 1 aliphatic rings. The van der Waals surface area contributed by atoms with E-state index in [1.807, 2.05) is 13.8 Å². The van der Waals surface area contributed by atoms with Crippen molar-refractivity contribution in [1.29, 1.82) is 0 Å². The average Bonchev–Trinajstić information content (AvgIpc) is 2.27. The molecule has 4 nitrogen and oxygen atoms in total. The molecule has 18 heavy (non-hydrogen) atoms. The second kappa shape index (κ2) is 4.70. The van der Waals surface area contributed by atoms with Crippen LogP contribution in [0.4, 0.5) is 0 Å². The monoisotopic (exact) mass is 361 g/mol. The lowest BCUT2D eigenvalue weighted by Gasteiger charge is -2.49. The maximum atomic E-state index is 12.2. The van der Waals surface area contributed by atoms with Crippen LogP contribution in [-0.4, -0.2) is 39.7 Å². The molecule has 0 atom stereocenters. The largest absolute Gasteiger partial charge is 0.507 e. The zero-order valence-electron chi connectivity index (χ0n) is 10.4. The molecular formula is C13H16INO3. The van der Waals surface area contributed by atoms with Crippen molar-refractivity contribution in [1.82, 2.24) is 4.90 Å². The van der Waals surface area contributed by atoms with Crippen LogP contribution in [0.15, 0.2) is 18.2 Å². The van der Waals surface area contributed by atoms with Crippen LogP contribution < -0.4 is 0 Å². The van der Waals surface area contributed by atoms with Crippen molar-refractivity contribution in [2.24, 2.45) is 5.92 Å². The van der Waals surface area contributed by atoms with Crippen molar-refractivity contribution in [2.45, 2.75) is 19.4 Å². The summed E-state index contributed by atoms with van der Waals surface area (Å²) >= 11 is 2.10. The average molecular weight is 361 g/mol. The Hall–Kier alpha value is -0.820. The molecule has 1 saturated heterocycles. The number of carbonyl (C=O) groups excluding carboxylic acids is 1. The van der Waals surface area contributed by atoms with Crippen LogP contribution in [0.25, 0.3) is 0 Å². The Morgan fingerprint density at radius 2 is 2.06 bits per heavy atom. The first-order valence-electron chi connectivity index (χ1n) is 5.83. The van der Waals surface area contributed by atoms with E-state index < -0.39 is 5.60 Å². The van der Waals surface area contributed by atoms with Crippen molar-refractivity contribution in [3.8, 4) is 5.75 Å². The molecular weight excluding hydrogens is 345 g/mol. The Bertz CT molecular complexity index is 481. The first-order valence-corrected chi connectivity index (χ1v) is 6.91. The Balaban J connectivity index is 2.13. The minimum Gasteiger partial charge on any atom is -0.507 e. The number of hydrogen-bond acceptors (Lipinski definition) is 3. The third kappa shape index (κ3) is 2.33. The van der Waals surface area contributed by atoms with E-state index in [4.69, 9.17) is 0 Å². The lowest BCUT2D eigenvalue weighted by Crippen LogP contribution is -2.65. The van der Waals surface area contributed by atoms with Gasteiger partial charge < -0.3 is 15.1 Å². The van der Waals surface area contributed by atoms with Crippen LogP contribution in [0.1, 0.15) is 24.2 Å². The van der Waals surface area contributed by atoms with Gasteiger partial charge in [0.1, 0.15) is 11.4 Å². The van der Waals surface area contributed by atoms with E-state index in [0.717, 1.165) is 3.57 Å². The number of phenolic OH excluding ortho intramolecular Hbond substituents is 1. The van der Waals surface area contributed by atoms with Crippen LogP contribution in [0, 0.1) is 9.49 Å². The smallest absolute Gasteiger partial charge is 0.257 e. The molecule has 1 aliphatic heterocycles. The van der Waals surface area contributed by atoms with Gasteiger partial charge in [-0.2, -0.15) is 0 Å². The predicted molar refractivity (Wildman–Crippen MR) is 76.5 cm³/mol. The van der Waals surface area contributed by atoms with Crippen LogP contribution >= 0.6 is 22.6 Å². The van der Waals surface area contributed by atoms with Gasteiger partial charge in [0.15, 0.2) is 0 Å². The molecule has 1 fully saturated rings. The molecule has 2 rings (SSSR count). The van der Waals surface area contributed by atoms with E-state index in [1.165, 1.54) is 6.07 Å². The number of aliphatic hydroxyl groups is 1. The predicted octanol–water partition coefficient (Wildman–Crippen LogP) is 1.84. The topological polar surface area (TPSA) is 60.8 Å². The van der Waals surface area contributed by atoms with Gasteiger partial charge in [0.2, 0.25) is 0 Å². The molecule has 98 valence electrons. The highest BCUT2D eigenvalue weighted by Gasteiger charge is 2.46. The van der Waals surface area contributed by atoms with Gasteiger partial charge >= 0.3 is 0 Å². The first kappa shape index (κ1) is 13.6. The molecule has 0 aromatic heterocycles. The van der Waals surface area contributed by atoms with Gasteiger partial charge in [0.25, 0.3) is 5.91 Å². The summed E-state index contributed by atoms with van der Waals surface area (Å²) in [6.45, 7) is 4.53.